The Hall–Kier alpha value is -5.64. The molecular formula is C39H35BClF2N9O3. The number of rotatable bonds is 6. The lowest BCUT2D eigenvalue weighted by molar-refractivity contribution is 0.122. The normalized spacial score (nSPS) is 14.3. The monoisotopic (exact) mass is 761 g/mol. The number of hydrogen-bond donors (Lipinski definition) is 1. The summed E-state index contributed by atoms with van der Waals surface area (Å²) < 4.78 is 39.3. The third-order valence-electron chi connectivity index (χ3n) is 8.87. The minimum atomic E-state index is -0.496. The third-order valence-corrected chi connectivity index (χ3v) is 9.16. The number of nitrogens with zero attached hydrogens (tertiary/aromatic N) is 9. The molecule has 55 heavy (non-hydrogen) atoms. The molecule has 16 heteroatoms. The van der Waals surface area contributed by atoms with Gasteiger partial charge in [-0.3, -0.25) is 4.98 Å². The van der Waals surface area contributed by atoms with E-state index in [-0.39, 0.29) is 22.4 Å². The van der Waals surface area contributed by atoms with Crippen LogP contribution in [0.15, 0.2) is 73.2 Å². The number of halogens is 3. The molecule has 0 spiro atoms. The Morgan fingerprint density at radius 1 is 0.691 bits per heavy atom. The maximum absolute atomic E-state index is 14.3. The van der Waals surface area contributed by atoms with Crippen LogP contribution in [0.25, 0.3) is 45.7 Å². The first kappa shape index (κ1) is 37.7. The molecule has 12 nitrogen and oxygen atoms in total. The molecule has 8 rings (SSSR count). The van der Waals surface area contributed by atoms with Crippen LogP contribution in [0.3, 0.4) is 0 Å². The van der Waals surface area contributed by atoms with Gasteiger partial charge in [-0.15, -0.1) is 0 Å². The molecule has 0 amide bonds. The SMILES string of the molecule is Cc1ccc(-c2ccccn2)nc1-c1ncc(F)c(N2CCOCC2)n1.[B]c1cc(Cl)c(O)c(-c2cc(C)cc(-c3ncc(F)c(N4CCOCC4)n3)n2)c1. The van der Waals surface area contributed by atoms with E-state index in [1.807, 2.05) is 54.0 Å². The molecule has 2 radical (unpaired) electrons. The fraction of sp³-hybridized carbons (Fsp3) is 0.256. The first-order chi connectivity index (χ1) is 26.6. The lowest BCUT2D eigenvalue weighted by Gasteiger charge is -2.28. The number of ether oxygens (including phenoxy) is 2. The summed E-state index contributed by atoms with van der Waals surface area (Å²) in [5.41, 5.74) is 5.63. The summed E-state index contributed by atoms with van der Waals surface area (Å²) >= 11 is 6.05. The van der Waals surface area contributed by atoms with Crippen LogP contribution >= 0.6 is 11.6 Å². The minimum absolute atomic E-state index is 0.112. The summed E-state index contributed by atoms with van der Waals surface area (Å²) in [4.78, 5) is 34.4. The largest absolute Gasteiger partial charge is 0.506 e. The summed E-state index contributed by atoms with van der Waals surface area (Å²) in [6.07, 6.45) is 4.08. The van der Waals surface area contributed by atoms with Gasteiger partial charge in [-0.2, -0.15) is 0 Å². The second-order valence-electron chi connectivity index (χ2n) is 12.8. The standard InChI is InChI=1S/C20H17BClFN4O2.C19H18FN5O/c1-11-6-16(13-8-12(21)9-14(22)18(13)28)25-17(7-11)19-24-10-15(23)20(26-19)27-2-4-29-5-3-27;1-13-5-6-16(15-4-2-3-7-21-15)23-17(13)18-22-12-14(20)19(24-18)25-8-10-26-11-9-25/h6-10,28H,2-5H2,1H3;2-7,12H,8-11H2,1H3. The van der Waals surface area contributed by atoms with Crippen molar-refractivity contribution < 1.29 is 23.4 Å². The van der Waals surface area contributed by atoms with Crippen molar-refractivity contribution in [2.75, 3.05) is 62.4 Å². The predicted molar refractivity (Wildman–Crippen MR) is 207 cm³/mol. The number of hydrogen-bond acceptors (Lipinski definition) is 12. The predicted octanol–water partition coefficient (Wildman–Crippen LogP) is 5.53. The molecular weight excluding hydrogens is 727 g/mol. The minimum Gasteiger partial charge on any atom is -0.506 e. The van der Waals surface area contributed by atoms with Crippen LogP contribution in [0.5, 0.6) is 5.75 Å². The van der Waals surface area contributed by atoms with Crippen LogP contribution in [-0.4, -0.2) is 100 Å². The molecule has 0 saturated carbocycles. The van der Waals surface area contributed by atoms with Crippen molar-refractivity contribution in [3.05, 3.63) is 101 Å². The van der Waals surface area contributed by atoms with Crippen molar-refractivity contribution in [3.63, 3.8) is 0 Å². The van der Waals surface area contributed by atoms with Crippen LogP contribution in [0.1, 0.15) is 11.1 Å². The van der Waals surface area contributed by atoms with Gasteiger partial charge in [0.2, 0.25) is 0 Å². The van der Waals surface area contributed by atoms with Crippen molar-refractivity contribution in [2.24, 2.45) is 0 Å². The highest BCUT2D eigenvalue weighted by molar-refractivity contribution is 6.37. The molecule has 0 bridgehead atoms. The van der Waals surface area contributed by atoms with E-state index in [1.54, 1.807) is 24.4 Å². The van der Waals surface area contributed by atoms with Gasteiger partial charge in [-0.05, 0) is 61.4 Å². The van der Waals surface area contributed by atoms with Gasteiger partial charge < -0.3 is 24.4 Å². The average molecular weight is 762 g/mol. The maximum atomic E-state index is 14.3. The molecule has 6 aromatic rings. The Bertz CT molecular complexity index is 2310. The average Bonchev–Trinajstić information content (AvgIpc) is 3.21. The maximum Gasteiger partial charge on any atom is 0.183 e. The Morgan fingerprint density at radius 3 is 1.95 bits per heavy atom. The van der Waals surface area contributed by atoms with Gasteiger partial charge in [0.25, 0.3) is 0 Å². The highest BCUT2D eigenvalue weighted by Crippen LogP contribution is 2.35. The van der Waals surface area contributed by atoms with E-state index in [0.717, 1.165) is 28.7 Å². The zero-order valence-electron chi connectivity index (χ0n) is 30.1. The molecule has 2 saturated heterocycles. The van der Waals surface area contributed by atoms with E-state index >= 15 is 0 Å². The number of phenolic OH excluding ortho intramolecular Hbond substituents is 1. The van der Waals surface area contributed by atoms with Crippen molar-refractivity contribution in [3.8, 4) is 51.4 Å². The topological polar surface area (TPSA) is 135 Å². The number of aromatic nitrogens is 7. The summed E-state index contributed by atoms with van der Waals surface area (Å²) in [5.74, 6) is 0.160. The van der Waals surface area contributed by atoms with Crippen LogP contribution < -0.4 is 15.3 Å². The highest BCUT2D eigenvalue weighted by atomic mass is 35.5. The molecule has 2 aliphatic heterocycles. The quantitative estimate of drug-likeness (QED) is 0.214. The molecule has 1 aromatic carbocycles. The Balaban J connectivity index is 0.000000170. The summed E-state index contributed by atoms with van der Waals surface area (Å²) in [6, 6.07) is 16.2. The van der Waals surface area contributed by atoms with E-state index < -0.39 is 11.6 Å². The Labute approximate surface area is 322 Å². The molecule has 278 valence electrons. The first-order valence-electron chi connectivity index (χ1n) is 17.5. The number of phenols is 1. The zero-order valence-corrected chi connectivity index (χ0v) is 30.8. The fourth-order valence-electron chi connectivity index (χ4n) is 6.09. The van der Waals surface area contributed by atoms with Crippen molar-refractivity contribution in [1.82, 2.24) is 34.9 Å². The molecule has 0 aliphatic carbocycles. The van der Waals surface area contributed by atoms with E-state index in [9.17, 15) is 13.9 Å². The summed E-state index contributed by atoms with van der Waals surface area (Å²) in [5, 5.41) is 10.5. The molecule has 2 aliphatic rings. The lowest BCUT2D eigenvalue weighted by atomic mass is 9.92. The van der Waals surface area contributed by atoms with Gasteiger partial charge in [0, 0.05) is 37.9 Å². The highest BCUT2D eigenvalue weighted by Gasteiger charge is 2.21. The fourth-order valence-corrected chi connectivity index (χ4v) is 6.32. The molecule has 1 N–H and O–H groups in total. The van der Waals surface area contributed by atoms with Crippen molar-refractivity contribution >= 4 is 36.5 Å². The van der Waals surface area contributed by atoms with Gasteiger partial charge in [0.05, 0.1) is 60.9 Å². The number of aromatic hydroxyl groups is 1. The number of anilines is 2. The van der Waals surface area contributed by atoms with E-state index in [1.165, 1.54) is 12.3 Å². The van der Waals surface area contributed by atoms with Gasteiger partial charge in [0.15, 0.2) is 34.9 Å². The van der Waals surface area contributed by atoms with Gasteiger partial charge in [-0.1, -0.05) is 35.3 Å². The smallest absolute Gasteiger partial charge is 0.183 e. The number of aryl methyl sites for hydroxylation is 2. The molecule has 2 fully saturated rings. The lowest BCUT2D eigenvalue weighted by Crippen LogP contribution is -2.37. The second kappa shape index (κ2) is 16.8. The van der Waals surface area contributed by atoms with Crippen LogP contribution in [0, 0.1) is 25.5 Å². The third kappa shape index (κ3) is 8.69. The van der Waals surface area contributed by atoms with E-state index in [0.29, 0.717) is 92.4 Å². The molecule has 7 heterocycles. The van der Waals surface area contributed by atoms with Crippen molar-refractivity contribution in [1.29, 1.82) is 0 Å². The van der Waals surface area contributed by atoms with E-state index in [2.05, 4.69) is 34.9 Å². The summed E-state index contributed by atoms with van der Waals surface area (Å²) in [7, 11) is 5.87. The molecule has 0 atom stereocenters. The summed E-state index contributed by atoms with van der Waals surface area (Å²) in [6.45, 7) is 8.28. The van der Waals surface area contributed by atoms with Crippen LogP contribution in [-0.2, 0) is 9.47 Å². The van der Waals surface area contributed by atoms with Gasteiger partial charge >= 0.3 is 0 Å². The Kier molecular flexibility index (Phi) is 11.5. The molecule has 0 unspecified atom stereocenters. The first-order valence-corrected chi connectivity index (χ1v) is 17.9. The Morgan fingerprint density at radius 2 is 1.31 bits per heavy atom. The molecule has 5 aromatic heterocycles. The van der Waals surface area contributed by atoms with Crippen LogP contribution in [0.2, 0.25) is 5.02 Å². The van der Waals surface area contributed by atoms with Gasteiger partial charge in [-0.25, -0.2) is 38.7 Å². The zero-order chi connectivity index (χ0) is 38.5. The van der Waals surface area contributed by atoms with Crippen LogP contribution in [0.4, 0.5) is 20.4 Å². The van der Waals surface area contributed by atoms with E-state index in [4.69, 9.17) is 28.9 Å². The number of pyridine rings is 3. The number of benzene rings is 1. The second-order valence-corrected chi connectivity index (χ2v) is 13.2. The van der Waals surface area contributed by atoms with Gasteiger partial charge in [0.1, 0.15) is 25.0 Å². The number of morpholine rings is 2. The van der Waals surface area contributed by atoms with Crippen molar-refractivity contribution in [2.45, 2.75) is 13.8 Å².